The van der Waals surface area contributed by atoms with Gasteiger partial charge in [0, 0.05) is 53.9 Å². The molecule has 2 aliphatic rings. The Hall–Kier alpha value is -2.88. The average molecular weight is 557 g/mol. The van der Waals surface area contributed by atoms with Crippen molar-refractivity contribution in [1.29, 1.82) is 0 Å². The molecular formula is C28H30ClFN4O3S. The van der Waals surface area contributed by atoms with Crippen LogP contribution in [0.1, 0.15) is 25.5 Å². The minimum Gasteiger partial charge on any atom is -0.383 e. The summed E-state index contributed by atoms with van der Waals surface area (Å²) in [7, 11) is 1.62. The van der Waals surface area contributed by atoms with Crippen molar-refractivity contribution < 1.29 is 13.9 Å². The molecule has 0 radical (unpaired) electrons. The molecule has 0 aliphatic carbocycles. The second-order valence-corrected chi connectivity index (χ2v) is 11.4. The standard InChI is InChI=1S/C28H30ClFN4O3S/c1-6-23(35)33-16(3)11-32(12-17(33)4)27-20-9-15(2)24(18-7-8-22(30)21(29)10-18)26-25(20)34(28(36)31-27)19(13-37-5)14-38-26/h6-10,16-17,19H,1,11-14H2,2-5H3/t16-,17+,19?. The van der Waals surface area contributed by atoms with Gasteiger partial charge < -0.3 is 14.5 Å². The number of anilines is 1. The molecule has 5 rings (SSSR count). The molecule has 0 spiro atoms. The van der Waals surface area contributed by atoms with Crippen LogP contribution < -0.4 is 10.6 Å². The van der Waals surface area contributed by atoms with Gasteiger partial charge in [-0.1, -0.05) is 24.2 Å². The molecule has 1 fully saturated rings. The van der Waals surface area contributed by atoms with E-state index in [1.165, 1.54) is 12.1 Å². The van der Waals surface area contributed by atoms with E-state index in [9.17, 15) is 14.0 Å². The zero-order chi connectivity index (χ0) is 27.3. The first kappa shape index (κ1) is 26.7. The molecule has 7 nitrogen and oxygen atoms in total. The van der Waals surface area contributed by atoms with Crippen LogP contribution in [0.3, 0.4) is 0 Å². The molecular weight excluding hydrogens is 527 g/mol. The molecule has 1 saturated heterocycles. The Kier molecular flexibility index (Phi) is 7.28. The van der Waals surface area contributed by atoms with Crippen molar-refractivity contribution in [2.45, 2.75) is 43.8 Å². The topological polar surface area (TPSA) is 67.7 Å². The van der Waals surface area contributed by atoms with Crippen molar-refractivity contribution in [3.05, 3.63) is 63.8 Å². The Morgan fingerprint density at radius 3 is 2.63 bits per heavy atom. The molecule has 0 N–H and O–H groups in total. The minimum atomic E-state index is -0.476. The number of aromatic nitrogens is 2. The second kappa shape index (κ2) is 10.4. The van der Waals surface area contributed by atoms with Gasteiger partial charge in [0.25, 0.3) is 0 Å². The normalized spacial score (nSPS) is 21.2. The van der Waals surface area contributed by atoms with Gasteiger partial charge in [0.1, 0.15) is 11.6 Å². The summed E-state index contributed by atoms with van der Waals surface area (Å²) in [6.45, 7) is 11.1. The highest BCUT2D eigenvalue weighted by Gasteiger charge is 2.35. The van der Waals surface area contributed by atoms with Gasteiger partial charge in [0.05, 0.1) is 23.2 Å². The number of hydrogen-bond acceptors (Lipinski definition) is 6. The van der Waals surface area contributed by atoms with Gasteiger partial charge in [0.15, 0.2) is 0 Å². The number of hydrogen-bond donors (Lipinski definition) is 0. The maximum atomic E-state index is 14.0. The molecule has 2 aliphatic heterocycles. The average Bonchev–Trinajstić information content (AvgIpc) is 2.87. The molecule has 3 aromatic rings. The van der Waals surface area contributed by atoms with Crippen LogP contribution in [0.2, 0.25) is 5.02 Å². The number of thioether (sulfide) groups is 1. The number of carbonyl (C=O) groups excluding carboxylic acids is 1. The van der Waals surface area contributed by atoms with Crippen LogP contribution >= 0.6 is 23.4 Å². The minimum absolute atomic E-state index is 0.0509. The molecule has 200 valence electrons. The molecule has 0 saturated carbocycles. The Morgan fingerprint density at radius 1 is 1.29 bits per heavy atom. The summed E-state index contributed by atoms with van der Waals surface area (Å²) >= 11 is 7.82. The first-order chi connectivity index (χ1) is 18.2. The second-order valence-electron chi connectivity index (χ2n) is 9.98. The van der Waals surface area contributed by atoms with E-state index in [2.05, 4.69) is 22.5 Å². The molecule has 1 amide bonds. The van der Waals surface area contributed by atoms with E-state index in [1.54, 1.807) is 35.6 Å². The monoisotopic (exact) mass is 556 g/mol. The zero-order valence-corrected chi connectivity index (χ0v) is 23.4. The Balaban J connectivity index is 1.74. The van der Waals surface area contributed by atoms with Crippen molar-refractivity contribution in [2.24, 2.45) is 0 Å². The fourth-order valence-electron chi connectivity index (χ4n) is 5.82. The highest BCUT2D eigenvalue weighted by atomic mass is 35.5. The van der Waals surface area contributed by atoms with Crippen molar-refractivity contribution in [2.75, 3.05) is 37.5 Å². The van der Waals surface area contributed by atoms with Crippen LogP contribution in [-0.2, 0) is 9.53 Å². The number of piperazine rings is 1. The first-order valence-electron chi connectivity index (χ1n) is 12.5. The van der Waals surface area contributed by atoms with Crippen molar-refractivity contribution >= 4 is 46.0 Å². The largest absolute Gasteiger partial charge is 0.383 e. The number of benzene rings is 2. The van der Waals surface area contributed by atoms with Crippen LogP contribution in [0.15, 0.2) is 46.6 Å². The summed E-state index contributed by atoms with van der Waals surface area (Å²) in [4.78, 5) is 35.6. The Bertz CT molecular complexity index is 1500. The maximum absolute atomic E-state index is 14.0. The van der Waals surface area contributed by atoms with Gasteiger partial charge in [-0.3, -0.25) is 9.36 Å². The van der Waals surface area contributed by atoms with Crippen LogP contribution in [0.4, 0.5) is 10.2 Å². The number of halogens is 2. The number of nitrogens with zero attached hydrogens (tertiary/aromatic N) is 4. The van der Waals surface area contributed by atoms with Gasteiger partial charge >= 0.3 is 5.69 Å². The fourth-order valence-corrected chi connectivity index (χ4v) is 7.38. The highest BCUT2D eigenvalue weighted by molar-refractivity contribution is 7.99. The van der Waals surface area contributed by atoms with Crippen LogP contribution in [0.5, 0.6) is 0 Å². The van der Waals surface area contributed by atoms with Crippen molar-refractivity contribution in [3.8, 4) is 11.1 Å². The predicted molar refractivity (Wildman–Crippen MR) is 151 cm³/mol. The third-order valence-electron chi connectivity index (χ3n) is 7.34. The van der Waals surface area contributed by atoms with Crippen molar-refractivity contribution in [3.63, 3.8) is 0 Å². The number of aryl methyl sites for hydroxylation is 1. The summed E-state index contributed by atoms with van der Waals surface area (Å²) in [5.41, 5.74) is 3.15. The Morgan fingerprint density at radius 2 is 2.00 bits per heavy atom. The summed E-state index contributed by atoms with van der Waals surface area (Å²) in [5.74, 6) is 0.666. The number of methoxy groups -OCH3 is 1. The SMILES string of the molecule is C=CC(=O)N1[C@H](C)CN(c2nc(=O)n3c4c(c(-c5ccc(F)c(Cl)c5)c(C)cc24)SCC3COC)C[C@@H]1C. The summed E-state index contributed by atoms with van der Waals surface area (Å²) in [5, 5.41) is 0.917. The van der Waals surface area contributed by atoms with Gasteiger partial charge in [-0.2, -0.15) is 4.98 Å². The van der Waals surface area contributed by atoms with Crippen LogP contribution in [-0.4, -0.2) is 65.0 Å². The van der Waals surface area contributed by atoms with E-state index >= 15 is 0 Å². The van der Waals surface area contributed by atoms with E-state index < -0.39 is 5.82 Å². The number of carbonyl (C=O) groups is 1. The van der Waals surface area contributed by atoms with E-state index in [-0.39, 0.29) is 34.7 Å². The molecule has 3 atom stereocenters. The smallest absolute Gasteiger partial charge is 0.350 e. The van der Waals surface area contributed by atoms with Crippen LogP contribution in [0, 0.1) is 12.7 Å². The molecule has 38 heavy (non-hydrogen) atoms. The lowest BCUT2D eigenvalue weighted by molar-refractivity contribution is -0.130. The predicted octanol–water partition coefficient (Wildman–Crippen LogP) is 5.07. The molecule has 10 heteroatoms. The lowest BCUT2D eigenvalue weighted by Crippen LogP contribution is -2.58. The third-order valence-corrected chi connectivity index (χ3v) is 8.87. The zero-order valence-electron chi connectivity index (χ0n) is 21.8. The number of ether oxygens (including phenoxy) is 1. The summed E-state index contributed by atoms with van der Waals surface area (Å²) in [6, 6.07) is 6.41. The third kappa shape index (κ3) is 4.40. The number of rotatable bonds is 5. The molecule has 2 aromatic carbocycles. The molecule has 1 unspecified atom stereocenters. The molecule has 3 heterocycles. The van der Waals surface area contributed by atoms with E-state index in [4.69, 9.17) is 16.3 Å². The van der Waals surface area contributed by atoms with Gasteiger partial charge in [-0.05, 0) is 56.2 Å². The van der Waals surface area contributed by atoms with Gasteiger partial charge in [-0.15, -0.1) is 11.8 Å². The van der Waals surface area contributed by atoms with E-state index in [1.807, 2.05) is 25.7 Å². The fraction of sp³-hybridized carbons (Fsp3) is 0.393. The van der Waals surface area contributed by atoms with E-state index in [0.29, 0.717) is 31.3 Å². The summed E-state index contributed by atoms with van der Waals surface area (Å²) in [6.07, 6.45) is 1.34. The highest BCUT2D eigenvalue weighted by Crippen LogP contribution is 2.46. The lowest BCUT2D eigenvalue weighted by atomic mass is 9.97. The Labute approximate surface area is 230 Å². The molecule has 1 aromatic heterocycles. The van der Waals surface area contributed by atoms with Crippen molar-refractivity contribution in [1.82, 2.24) is 14.5 Å². The van der Waals surface area contributed by atoms with E-state index in [0.717, 1.165) is 32.5 Å². The maximum Gasteiger partial charge on any atom is 0.350 e. The summed E-state index contributed by atoms with van der Waals surface area (Å²) < 4.78 is 21.2. The van der Waals surface area contributed by atoms with Gasteiger partial charge in [0.2, 0.25) is 5.91 Å². The lowest BCUT2D eigenvalue weighted by Gasteiger charge is -2.45. The number of amides is 1. The first-order valence-corrected chi connectivity index (χ1v) is 13.9. The van der Waals surface area contributed by atoms with Gasteiger partial charge in [-0.25, -0.2) is 9.18 Å². The quantitative estimate of drug-likeness (QED) is 0.409. The van der Waals surface area contributed by atoms with Crippen LogP contribution in [0.25, 0.3) is 22.0 Å². The molecule has 0 bridgehead atoms.